The van der Waals surface area contributed by atoms with Crippen LogP contribution in [0.1, 0.15) is 52.1 Å². The SMILES string of the molecule is CCCNC(CC)c1ccccc1N1CCOC(C)(C)C1. The Morgan fingerprint density at radius 2 is 2.05 bits per heavy atom. The van der Waals surface area contributed by atoms with Crippen LogP contribution in [-0.4, -0.2) is 31.8 Å². The van der Waals surface area contributed by atoms with Crippen LogP contribution in [0.3, 0.4) is 0 Å². The van der Waals surface area contributed by atoms with E-state index in [1.165, 1.54) is 17.7 Å². The van der Waals surface area contributed by atoms with E-state index < -0.39 is 0 Å². The molecular formula is C18H30N2O. The maximum atomic E-state index is 5.85. The van der Waals surface area contributed by atoms with Gasteiger partial charge in [-0.05, 0) is 44.9 Å². The van der Waals surface area contributed by atoms with Gasteiger partial charge in [0.2, 0.25) is 0 Å². The van der Waals surface area contributed by atoms with Crippen LogP contribution in [0.15, 0.2) is 24.3 Å². The van der Waals surface area contributed by atoms with Gasteiger partial charge < -0.3 is 15.0 Å². The van der Waals surface area contributed by atoms with Gasteiger partial charge >= 0.3 is 0 Å². The number of hydrogen-bond donors (Lipinski definition) is 1. The van der Waals surface area contributed by atoms with Crippen LogP contribution in [0.4, 0.5) is 5.69 Å². The number of morpholine rings is 1. The molecule has 1 aromatic rings. The van der Waals surface area contributed by atoms with E-state index in [2.05, 4.69) is 62.2 Å². The molecule has 0 bridgehead atoms. The fourth-order valence-corrected chi connectivity index (χ4v) is 3.09. The van der Waals surface area contributed by atoms with Gasteiger partial charge in [-0.1, -0.05) is 32.0 Å². The van der Waals surface area contributed by atoms with Crippen LogP contribution in [-0.2, 0) is 4.74 Å². The molecule has 2 rings (SSSR count). The third-order valence-electron chi connectivity index (χ3n) is 4.13. The predicted molar refractivity (Wildman–Crippen MR) is 90.0 cm³/mol. The molecule has 0 aliphatic carbocycles. The molecule has 0 aromatic heterocycles. The Labute approximate surface area is 129 Å². The first-order valence-electron chi connectivity index (χ1n) is 8.28. The summed E-state index contributed by atoms with van der Waals surface area (Å²) in [5, 5.41) is 3.68. The highest BCUT2D eigenvalue weighted by atomic mass is 16.5. The Hall–Kier alpha value is -1.06. The molecule has 1 aromatic carbocycles. The smallest absolute Gasteiger partial charge is 0.0801 e. The lowest BCUT2D eigenvalue weighted by molar-refractivity contribution is -0.0277. The summed E-state index contributed by atoms with van der Waals surface area (Å²) in [6.45, 7) is 12.6. The zero-order valence-electron chi connectivity index (χ0n) is 14.0. The second-order valence-electron chi connectivity index (χ2n) is 6.50. The quantitative estimate of drug-likeness (QED) is 0.863. The lowest BCUT2D eigenvalue weighted by Gasteiger charge is -2.40. The standard InChI is InChI=1S/C18H30N2O/c1-5-11-19-16(6-2)15-9-7-8-10-17(15)20-12-13-21-18(3,4)14-20/h7-10,16,19H,5-6,11-14H2,1-4H3. The molecule has 1 heterocycles. The molecule has 0 radical (unpaired) electrons. The summed E-state index contributed by atoms with van der Waals surface area (Å²) in [6, 6.07) is 9.27. The largest absolute Gasteiger partial charge is 0.372 e. The minimum atomic E-state index is -0.0656. The van der Waals surface area contributed by atoms with Crippen LogP contribution in [0, 0.1) is 0 Å². The predicted octanol–water partition coefficient (Wildman–Crippen LogP) is 3.75. The van der Waals surface area contributed by atoms with E-state index in [1.54, 1.807) is 0 Å². The van der Waals surface area contributed by atoms with Gasteiger partial charge in [0.05, 0.1) is 12.2 Å². The molecule has 1 N–H and O–H groups in total. The minimum Gasteiger partial charge on any atom is -0.372 e. The van der Waals surface area contributed by atoms with E-state index in [1.807, 2.05) is 0 Å². The van der Waals surface area contributed by atoms with Gasteiger partial charge in [-0.2, -0.15) is 0 Å². The monoisotopic (exact) mass is 290 g/mol. The summed E-state index contributed by atoms with van der Waals surface area (Å²) < 4.78 is 5.85. The van der Waals surface area contributed by atoms with Crippen molar-refractivity contribution in [2.24, 2.45) is 0 Å². The van der Waals surface area contributed by atoms with Crippen molar-refractivity contribution >= 4 is 5.69 Å². The van der Waals surface area contributed by atoms with Gasteiger partial charge in [0.25, 0.3) is 0 Å². The van der Waals surface area contributed by atoms with E-state index >= 15 is 0 Å². The Balaban J connectivity index is 2.23. The van der Waals surface area contributed by atoms with Crippen LogP contribution in [0.25, 0.3) is 0 Å². The molecule has 0 saturated carbocycles. The first-order valence-corrected chi connectivity index (χ1v) is 8.28. The average molecular weight is 290 g/mol. The van der Waals surface area contributed by atoms with Crippen LogP contribution in [0.2, 0.25) is 0 Å². The van der Waals surface area contributed by atoms with Gasteiger partial charge in [-0.3, -0.25) is 0 Å². The topological polar surface area (TPSA) is 24.5 Å². The molecule has 1 fully saturated rings. The number of benzene rings is 1. The Morgan fingerprint density at radius 3 is 2.71 bits per heavy atom. The van der Waals surface area contributed by atoms with Crippen molar-refractivity contribution in [3.05, 3.63) is 29.8 Å². The van der Waals surface area contributed by atoms with Crippen molar-refractivity contribution < 1.29 is 4.74 Å². The van der Waals surface area contributed by atoms with Crippen LogP contribution in [0.5, 0.6) is 0 Å². The number of nitrogens with one attached hydrogen (secondary N) is 1. The first-order chi connectivity index (χ1) is 10.1. The maximum Gasteiger partial charge on any atom is 0.0801 e. The number of ether oxygens (including phenoxy) is 1. The molecule has 0 spiro atoms. The van der Waals surface area contributed by atoms with Crippen molar-refractivity contribution in [3.63, 3.8) is 0 Å². The van der Waals surface area contributed by atoms with E-state index in [9.17, 15) is 0 Å². The number of nitrogens with zero attached hydrogens (tertiary/aromatic N) is 1. The molecule has 0 amide bonds. The minimum absolute atomic E-state index is 0.0656. The molecule has 21 heavy (non-hydrogen) atoms. The van der Waals surface area contributed by atoms with Gasteiger partial charge in [0.1, 0.15) is 0 Å². The third-order valence-corrected chi connectivity index (χ3v) is 4.13. The van der Waals surface area contributed by atoms with Crippen LogP contribution < -0.4 is 10.2 Å². The highest BCUT2D eigenvalue weighted by Crippen LogP contribution is 2.31. The molecule has 1 aliphatic rings. The molecule has 1 saturated heterocycles. The van der Waals surface area contributed by atoms with Crippen molar-refractivity contribution in [1.29, 1.82) is 0 Å². The van der Waals surface area contributed by atoms with Crippen molar-refractivity contribution in [2.75, 3.05) is 31.1 Å². The zero-order valence-corrected chi connectivity index (χ0v) is 14.0. The van der Waals surface area contributed by atoms with E-state index in [-0.39, 0.29) is 5.60 Å². The molecular weight excluding hydrogens is 260 g/mol. The fraction of sp³-hybridized carbons (Fsp3) is 0.667. The van der Waals surface area contributed by atoms with Gasteiger partial charge in [0.15, 0.2) is 0 Å². The van der Waals surface area contributed by atoms with E-state index in [0.29, 0.717) is 6.04 Å². The average Bonchev–Trinajstić information content (AvgIpc) is 2.47. The number of rotatable bonds is 6. The van der Waals surface area contributed by atoms with Crippen LogP contribution >= 0.6 is 0 Å². The summed E-state index contributed by atoms with van der Waals surface area (Å²) in [5.41, 5.74) is 2.72. The van der Waals surface area contributed by atoms with Gasteiger partial charge in [-0.15, -0.1) is 0 Å². The van der Waals surface area contributed by atoms with Gasteiger partial charge in [0, 0.05) is 24.8 Å². The summed E-state index contributed by atoms with van der Waals surface area (Å²) in [7, 11) is 0. The Bertz CT molecular complexity index is 445. The number of para-hydroxylation sites is 1. The van der Waals surface area contributed by atoms with E-state index in [0.717, 1.165) is 32.7 Å². The van der Waals surface area contributed by atoms with E-state index in [4.69, 9.17) is 4.74 Å². The molecule has 118 valence electrons. The lowest BCUT2D eigenvalue weighted by Crippen LogP contribution is -2.48. The number of anilines is 1. The fourth-order valence-electron chi connectivity index (χ4n) is 3.09. The second-order valence-corrected chi connectivity index (χ2v) is 6.50. The highest BCUT2D eigenvalue weighted by Gasteiger charge is 2.29. The number of hydrogen-bond acceptors (Lipinski definition) is 3. The summed E-state index contributed by atoms with van der Waals surface area (Å²) in [4.78, 5) is 2.48. The molecule has 3 heteroatoms. The third kappa shape index (κ3) is 4.21. The molecule has 1 aliphatic heterocycles. The summed E-state index contributed by atoms with van der Waals surface area (Å²) in [5.74, 6) is 0. The normalized spacial score (nSPS) is 19.5. The zero-order chi connectivity index (χ0) is 15.3. The van der Waals surface area contributed by atoms with Crippen molar-refractivity contribution in [1.82, 2.24) is 5.32 Å². The lowest BCUT2D eigenvalue weighted by atomic mass is 9.99. The molecule has 1 unspecified atom stereocenters. The molecule has 3 nitrogen and oxygen atoms in total. The maximum absolute atomic E-state index is 5.85. The Morgan fingerprint density at radius 1 is 1.29 bits per heavy atom. The summed E-state index contributed by atoms with van der Waals surface area (Å²) >= 11 is 0. The second kappa shape index (κ2) is 7.28. The summed E-state index contributed by atoms with van der Waals surface area (Å²) in [6.07, 6.45) is 2.29. The molecule has 1 atom stereocenters. The Kier molecular flexibility index (Phi) is 5.65. The van der Waals surface area contributed by atoms with Crippen molar-refractivity contribution in [3.8, 4) is 0 Å². The first kappa shape index (κ1) is 16.3. The highest BCUT2D eigenvalue weighted by molar-refractivity contribution is 5.55. The van der Waals surface area contributed by atoms with Crippen molar-refractivity contribution in [2.45, 2.75) is 52.2 Å². The van der Waals surface area contributed by atoms with Gasteiger partial charge in [-0.25, -0.2) is 0 Å².